The Morgan fingerprint density at radius 2 is 1.93 bits per heavy atom. The van der Waals surface area contributed by atoms with Gasteiger partial charge >= 0.3 is 5.97 Å². The predicted octanol–water partition coefficient (Wildman–Crippen LogP) is 4.08. The third-order valence-corrected chi connectivity index (χ3v) is 10.5. The number of carbonyl (C=O) groups is 2. The van der Waals surface area contributed by atoms with E-state index in [0.29, 0.717) is 23.5 Å². The van der Waals surface area contributed by atoms with Crippen molar-refractivity contribution >= 4 is 11.8 Å². The Kier molecular flexibility index (Phi) is 2.46. The van der Waals surface area contributed by atoms with Gasteiger partial charge in [0.05, 0.1) is 0 Å². The lowest BCUT2D eigenvalue weighted by Crippen LogP contribution is -2.57. The van der Waals surface area contributed by atoms with Crippen molar-refractivity contribution in [2.45, 2.75) is 58.0 Å². The SMILES string of the molecule is CC12CCC(=O)C=C1[C@@H]1CC1C1C2CC[C@@]2(C)C1C1CC1[C@@]21C=CC(=O)O1. The minimum atomic E-state index is -0.311. The summed E-state index contributed by atoms with van der Waals surface area (Å²) in [6.45, 7) is 4.92. The highest BCUT2D eigenvalue weighted by molar-refractivity contribution is 5.92. The Hall–Kier alpha value is -1.38. The van der Waals surface area contributed by atoms with Crippen LogP contribution in [0.5, 0.6) is 0 Å². The zero-order valence-corrected chi connectivity index (χ0v) is 16.2. The molecule has 5 fully saturated rings. The molecule has 0 aromatic carbocycles. The Labute approximate surface area is 160 Å². The Balaban J connectivity index is 1.34. The molecule has 1 aliphatic heterocycles. The maximum Gasteiger partial charge on any atom is 0.331 e. The van der Waals surface area contributed by atoms with Crippen LogP contribution >= 0.6 is 0 Å². The fraction of sp³-hybridized carbons (Fsp3) is 0.750. The van der Waals surface area contributed by atoms with E-state index in [4.69, 9.17) is 4.74 Å². The molecule has 0 saturated heterocycles. The minimum Gasteiger partial charge on any atom is -0.451 e. The summed E-state index contributed by atoms with van der Waals surface area (Å²) in [5.74, 6) is 5.17. The lowest BCUT2D eigenvalue weighted by atomic mass is 9.45. The van der Waals surface area contributed by atoms with E-state index in [9.17, 15) is 9.59 Å². The Morgan fingerprint density at radius 3 is 2.70 bits per heavy atom. The van der Waals surface area contributed by atoms with Crippen LogP contribution in [0.1, 0.15) is 52.4 Å². The Bertz CT molecular complexity index is 869. The number of ether oxygens (including phenoxy) is 1. The number of hydrogen-bond donors (Lipinski definition) is 0. The van der Waals surface area contributed by atoms with Gasteiger partial charge in [0.2, 0.25) is 0 Å². The number of fused-ring (bicyclic) bond motifs is 12. The standard InChI is InChI=1S/C24H28O3/c1-22-6-3-12(25)9-17(22)13-10-14(13)20-16(22)4-7-23(2)21(20)15-11-18(15)24(23)8-5-19(26)27-24/h5,8-9,13-16,18,20-21H,3-4,6-7,10-11H2,1-2H3/t13-,14?,15?,16?,18?,20?,21?,22?,23+,24+/m1/s1. The summed E-state index contributed by atoms with van der Waals surface area (Å²) < 4.78 is 6.10. The van der Waals surface area contributed by atoms with Crippen molar-refractivity contribution in [3.63, 3.8) is 0 Å². The number of carbonyl (C=O) groups excluding carboxylic acids is 2. The van der Waals surface area contributed by atoms with E-state index in [-0.39, 0.29) is 22.4 Å². The van der Waals surface area contributed by atoms with E-state index in [1.165, 1.54) is 24.8 Å². The molecule has 27 heavy (non-hydrogen) atoms. The highest BCUT2D eigenvalue weighted by atomic mass is 16.6. The van der Waals surface area contributed by atoms with Crippen molar-refractivity contribution in [1.29, 1.82) is 0 Å². The molecule has 3 nitrogen and oxygen atoms in total. The number of allylic oxidation sites excluding steroid dienone is 1. The van der Waals surface area contributed by atoms with E-state index < -0.39 is 0 Å². The molecule has 7 rings (SSSR count). The molecule has 142 valence electrons. The van der Waals surface area contributed by atoms with Gasteiger partial charge in [-0.25, -0.2) is 4.79 Å². The van der Waals surface area contributed by atoms with Crippen LogP contribution in [-0.2, 0) is 14.3 Å². The minimum absolute atomic E-state index is 0.111. The van der Waals surface area contributed by atoms with Crippen LogP contribution in [0.25, 0.3) is 0 Å². The number of esters is 1. The molecular weight excluding hydrogens is 336 g/mol. The third kappa shape index (κ3) is 1.53. The number of hydrogen-bond acceptors (Lipinski definition) is 3. The van der Waals surface area contributed by atoms with Crippen LogP contribution in [0.15, 0.2) is 23.8 Å². The van der Waals surface area contributed by atoms with Crippen LogP contribution < -0.4 is 0 Å². The molecule has 1 spiro atoms. The fourth-order valence-corrected chi connectivity index (χ4v) is 9.34. The van der Waals surface area contributed by atoms with Crippen molar-refractivity contribution in [3.05, 3.63) is 23.8 Å². The van der Waals surface area contributed by atoms with Gasteiger partial charge in [0.25, 0.3) is 0 Å². The second kappa shape index (κ2) is 4.28. The van der Waals surface area contributed by atoms with Gasteiger partial charge in [-0.15, -0.1) is 0 Å². The van der Waals surface area contributed by atoms with E-state index in [1.54, 1.807) is 6.08 Å². The molecule has 1 heterocycles. The molecule has 7 aliphatic rings. The molecule has 0 N–H and O–H groups in total. The average molecular weight is 364 g/mol. The molecule has 3 heteroatoms. The van der Waals surface area contributed by atoms with Crippen molar-refractivity contribution in [2.24, 2.45) is 52.3 Å². The summed E-state index contributed by atoms with van der Waals surface area (Å²) >= 11 is 0. The molecular formula is C24H28O3. The van der Waals surface area contributed by atoms with Crippen LogP contribution in [0, 0.1) is 52.3 Å². The largest absolute Gasteiger partial charge is 0.451 e. The number of rotatable bonds is 0. The molecule has 6 aliphatic carbocycles. The second-order valence-electron chi connectivity index (χ2n) is 11.2. The van der Waals surface area contributed by atoms with Crippen molar-refractivity contribution < 1.29 is 14.3 Å². The van der Waals surface area contributed by atoms with Crippen molar-refractivity contribution in [1.82, 2.24) is 0 Å². The highest BCUT2D eigenvalue weighted by Gasteiger charge is 2.80. The van der Waals surface area contributed by atoms with E-state index in [0.717, 1.165) is 42.9 Å². The number of ketones is 1. The molecule has 10 atom stereocenters. The van der Waals surface area contributed by atoms with Gasteiger partial charge in [-0.2, -0.15) is 0 Å². The van der Waals surface area contributed by atoms with E-state index in [1.807, 2.05) is 0 Å². The van der Waals surface area contributed by atoms with E-state index >= 15 is 0 Å². The molecule has 0 amide bonds. The molecule has 7 unspecified atom stereocenters. The quantitative estimate of drug-likeness (QED) is 0.608. The highest BCUT2D eigenvalue weighted by Crippen LogP contribution is 2.81. The van der Waals surface area contributed by atoms with Crippen molar-refractivity contribution in [2.75, 3.05) is 0 Å². The molecule has 5 saturated carbocycles. The van der Waals surface area contributed by atoms with Gasteiger partial charge in [0.15, 0.2) is 5.78 Å². The summed E-state index contributed by atoms with van der Waals surface area (Å²) in [5.41, 5.74) is 1.55. The average Bonchev–Trinajstić information content (AvgIpc) is 3.53. The molecule has 0 aromatic heterocycles. The first-order valence-electron chi connectivity index (χ1n) is 11.1. The zero-order chi connectivity index (χ0) is 18.3. The van der Waals surface area contributed by atoms with Crippen LogP contribution in [0.2, 0.25) is 0 Å². The van der Waals surface area contributed by atoms with Gasteiger partial charge in [0.1, 0.15) is 5.60 Å². The lowest BCUT2D eigenvalue weighted by molar-refractivity contribution is -0.170. The molecule has 0 aromatic rings. The maximum absolute atomic E-state index is 12.1. The first kappa shape index (κ1) is 15.5. The van der Waals surface area contributed by atoms with Gasteiger partial charge in [0, 0.05) is 23.8 Å². The van der Waals surface area contributed by atoms with Gasteiger partial charge in [-0.1, -0.05) is 19.4 Å². The normalized spacial score (nSPS) is 61.4. The Morgan fingerprint density at radius 1 is 1.07 bits per heavy atom. The summed E-state index contributed by atoms with van der Waals surface area (Å²) in [6.07, 6.45) is 12.6. The topological polar surface area (TPSA) is 43.4 Å². The predicted molar refractivity (Wildman–Crippen MR) is 99.4 cm³/mol. The van der Waals surface area contributed by atoms with Gasteiger partial charge in [-0.3, -0.25) is 4.79 Å². The summed E-state index contributed by atoms with van der Waals surface area (Å²) in [6, 6.07) is 0. The molecule has 0 bridgehead atoms. The second-order valence-corrected chi connectivity index (χ2v) is 11.2. The lowest BCUT2D eigenvalue weighted by Gasteiger charge is -2.59. The van der Waals surface area contributed by atoms with E-state index in [2.05, 4.69) is 26.0 Å². The zero-order valence-electron chi connectivity index (χ0n) is 16.2. The first-order valence-corrected chi connectivity index (χ1v) is 11.1. The summed E-state index contributed by atoms with van der Waals surface area (Å²) in [7, 11) is 0. The summed E-state index contributed by atoms with van der Waals surface area (Å²) in [4.78, 5) is 24.2. The van der Waals surface area contributed by atoms with Gasteiger partial charge in [-0.05, 0) is 85.2 Å². The fourth-order valence-electron chi connectivity index (χ4n) is 9.34. The monoisotopic (exact) mass is 364 g/mol. The molecule has 0 radical (unpaired) electrons. The summed E-state index contributed by atoms with van der Waals surface area (Å²) in [5, 5.41) is 0. The maximum atomic E-state index is 12.1. The van der Waals surface area contributed by atoms with Crippen LogP contribution in [0.3, 0.4) is 0 Å². The van der Waals surface area contributed by atoms with Crippen molar-refractivity contribution in [3.8, 4) is 0 Å². The van der Waals surface area contributed by atoms with Crippen LogP contribution in [0.4, 0.5) is 0 Å². The third-order valence-electron chi connectivity index (χ3n) is 10.5. The smallest absolute Gasteiger partial charge is 0.331 e. The van der Waals surface area contributed by atoms with Crippen LogP contribution in [-0.4, -0.2) is 17.4 Å². The van der Waals surface area contributed by atoms with Gasteiger partial charge < -0.3 is 4.74 Å². The first-order chi connectivity index (χ1) is 12.9.